The van der Waals surface area contributed by atoms with Gasteiger partial charge in [0.2, 0.25) is 0 Å². The predicted molar refractivity (Wildman–Crippen MR) is 104 cm³/mol. The maximum Gasteiger partial charge on any atom is 0.316 e. The molecule has 0 aliphatic heterocycles. The molecule has 0 bridgehead atoms. The number of nitrogens with zero attached hydrogens (tertiary/aromatic N) is 1. The number of carboxylic acids is 1. The summed E-state index contributed by atoms with van der Waals surface area (Å²) < 4.78 is 17.6. The molecular weight excluding hydrogens is 386 g/mol. The second-order valence-electron chi connectivity index (χ2n) is 5.71. The molecule has 0 spiro atoms. The number of aliphatic carboxylic acids is 1. The van der Waals surface area contributed by atoms with E-state index >= 15 is 0 Å². The van der Waals surface area contributed by atoms with Crippen molar-refractivity contribution < 1.29 is 18.8 Å². The van der Waals surface area contributed by atoms with Gasteiger partial charge in [0, 0.05) is 11.1 Å². The van der Waals surface area contributed by atoms with Crippen LogP contribution in [0.2, 0.25) is 5.15 Å². The second-order valence-corrected chi connectivity index (χ2v) is 7.55. The van der Waals surface area contributed by atoms with Gasteiger partial charge in [-0.25, -0.2) is 4.98 Å². The number of rotatable bonds is 7. The average Bonchev–Trinajstić information content (AvgIpc) is 2.66. The summed E-state index contributed by atoms with van der Waals surface area (Å²) in [6, 6.07) is 18.2. The summed E-state index contributed by atoms with van der Waals surface area (Å²) >= 11 is 5.95. The van der Waals surface area contributed by atoms with Crippen LogP contribution in [0.15, 0.2) is 71.8 Å². The van der Waals surface area contributed by atoms with E-state index in [0.29, 0.717) is 22.4 Å². The van der Waals surface area contributed by atoms with Crippen LogP contribution in [0.4, 0.5) is 0 Å². The van der Waals surface area contributed by atoms with Crippen LogP contribution in [0.5, 0.6) is 5.75 Å². The van der Waals surface area contributed by atoms with E-state index < -0.39 is 22.5 Å². The number of halogens is 1. The van der Waals surface area contributed by atoms with Gasteiger partial charge in [0.15, 0.2) is 0 Å². The lowest BCUT2D eigenvalue weighted by Crippen LogP contribution is -2.09. The van der Waals surface area contributed by atoms with E-state index in [1.807, 2.05) is 30.3 Å². The lowest BCUT2D eigenvalue weighted by atomic mass is 10.0. The smallest absolute Gasteiger partial charge is 0.316 e. The maximum atomic E-state index is 11.8. The van der Waals surface area contributed by atoms with Gasteiger partial charge in [-0.1, -0.05) is 29.8 Å². The van der Waals surface area contributed by atoms with Crippen molar-refractivity contribution in [3.63, 3.8) is 0 Å². The molecule has 1 aromatic heterocycles. The highest BCUT2D eigenvalue weighted by Gasteiger charge is 2.09. The minimum Gasteiger partial charge on any atom is -0.489 e. The topological polar surface area (TPSA) is 76.5 Å². The van der Waals surface area contributed by atoms with Crippen molar-refractivity contribution in [2.45, 2.75) is 11.5 Å². The summed E-state index contributed by atoms with van der Waals surface area (Å²) in [6.07, 6.45) is 1.66. The molecule has 138 valence electrons. The van der Waals surface area contributed by atoms with Crippen molar-refractivity contribution in [3.05, 3.63) is 77.6 Å². The SMILES string of the molecule is O=C(O)CS(=O)c1ccc(OCc2cccc(-c3ccnc(Cl)c3)c2)cc1. The van der Waals surface area contributed by atoms with Crippen molar-refractivity contribution in [2.24, 2.45) is 0 Å². The van der Waals surface area contributed by atoms with Crippen LogP contribution < -0.4 is 4.74 Å². The average molecular weight is 402 g/mol. The third-order valence-electron chi connectivity index (χ3n) is 3.73. The molecule has 7 heteroatoms. The van der Waals surface area contributed by atoms with Crippen LogP contribution in [0.3, 0.4) is 0 Å². The second kappa shape index (κ2) is 8.79. The number of pyridine rings is 1. The Labute approximate surface area is 164 Å². The highest BCUT2D eigenvalue weighted by Crippen LogP contribution is 2.23. The molecule has 3 rings (SSSR count). The Morgan fingerprint density at radius 3 is 2.52 bits per heavy atom. The Morgan fingerprint density at radius 1 is 1.07 bits per heavy atom. The number of benzene rings is 2. The normalized spacial score (nSPS) is 11.7. The quantitative estimate of drug-likeness (QED) is 0.601. The van der Waals surface area contributed by atoms with Gasteiger partial charge in [0.1, 0.15) is 23.3 Å². The number of hydrogen-bond acceptors (Lipinski definition) is 4. The largest absolute Gasteiger partial charge is 0.489 e. The molecule has 1 N–H and O–H groups in total. The first-order chi connectivity index (χ1) is 13.0. The fourth-order valence-electron chi connectivity index (χ4n) is 2.47. The van der Waals surface area contributed by atoms with E-state index in [4.69, 9.17) is 21.4 Å². The van der Waals surface area contributed by atoms with E-state index in [1.54, 1.807) is 36.5 Å². The summed E-state index contributed by atoms with van der Waals surface area (Å²) in [5.74, 6) is -0.890. The van der Waals surface area contributed by atoms with Crippen LogP contribution in [0.25, 0.3) is 11.1 Å². The van der Waals surface area contributed by atoms with Crippen LogP contribution >= 0.6 is 11.6 Å². The van der Waals surface area contributed by atoms with E-state index in [0.717, 1.165) is 16.7 Å². The van der Waals surface area contributed by atoms with E-state index in [1.165, 1.54) is 0 Å². The standard InChI is InChI=1S/C20H16ClNO4S/c21-19-11-16(8-9-22-19)15-3-1-2-14(10-15)12-26-17-4-6-18(7-5-17)27(25)13-20(23)24/h1-11H,12-13H2,(H,23,24). The fraction of sp³-hybridized carbons (Fsp3) is 0.100. The first kappa shape index (κ1) is 19.1. The molecule has 1 unspecified atom stereocenters. The molecule has 0 aliphatic carbocycles. The number of ether oxygens (including phenoxy) is 1. The molecule has 0 aliphatic rings. The number of hydrogen-bond donors (Lipinski definition) is 1. The molecular formula is C20H16ClNO4S. The van der Waals surface area contributed by atoms with Crippen molar-refractivity contribution in [2.75, 3.05) is 5.75 Å². The van der Waals surface area contributed by atoms with Gasteiger partial charge in [-0.15, -0.1) is 0 Å². The summed E-state index contributed by atoms with van der Waals surface area (Å²) in [4.78, 5) is 15.1. The predicted octanol–water partition coefficient (Wildman–Crippen LogP) is 4.17. The molecule has 1 atom stereocenters. The van der Waals surface area contributed by atoms with Crippen molar-refractivity contribution >= 4 is 28.4 Å². The fourth-order valence-corrected chi connectivity index (χ4v) is 3.48. The van der Waals surface area contributed by atoms with Gasteiger partial charge in [0.05, 0.1) is 10.8 Å². The summed E-state index contributed by atoms with van der Waals surface area (Å²) in [6.45, 7) is 0.365. The van der Waals surface area contributed by atoms with Gasteiger partial charge in [-0.3, -0.25) is 9.00 Å². The zero-order valence-electron chi connectivity index (χ0n) is 14.2. The Hall–Kier alpha value is -2.70. The molecule has 0 fully saturated rings. The Kier molecular flexibility index (Phi) is 6.21. The molecule has 0 radical (unpaired) electrons. The van der Waals surface area contributed by atoms with Gasteiger partial charge in [0.25, 0.3) is 0 Å². The highest BCUT2D eigenvalue weighted by molar-refractivity contribution is 7.85. The zero-order chi connectivity index (χ0) is 19.2. The van der Waals surface area contributed by atoms with Crippen molar-refractivity contribution in [1.82, 2.24) is 4.98 Å². The molecule has 1 heterocycles. The Bertz CT molecular complexity index is 976. The summed E-state index contributed by atoms with van der Waals surface area (Å²) in [5, 5.41) is 9.14. The lowest BCUT2D eigenvalue weighted by molar-refractivity contribution is -0.133. The van der Waals surface area contributed by atoms with Crippen LogP contribution in [0, 0.1) is 0 Å². The van der Waals surface area contributed by atoms with Gasteiger partial charge < -0.3 is 9.84 Å². The highest BCUT2D eigenvalue weighted by atomic mass is 35.5. The Balaban J connectivity index is 1.66. The monoisotopic (exact) mass is 401 g/mol. The molecule has 3 aromatic rings. The first-order valence-corrected chi connectivity index (χ1v) is 9.75. The van der Waals surface area contributed by atoms with Gasteiger partial charge in [-0.05, 0) is 59.2 Å². The van der Waals surface area contributed by atoms with Gasteiger partial charge in [-0.2, -0.15) is 0 Å². The number of carboxylic acid groups (broad SMARTS) is 1. The molecule has 0 saturated heterocycles. The van der Waals surface area contributed by atoms with E-state index in [2.05, 4.69) is 4.98 Å². The molecule has 2 aromatic carbocycles. The summed E-state index contributed by atoms with van der Waals surface area (Å²) in [5.41, 5.74) is 2.97. The lowest BCUT2D eigenvalue weighted by Gasteiger charge is -2.09. The van der Waals surface area contributed by atoms with Crippen LogP contribution in [0.1, 0.15) is 5.56 Å². The minimum absolute atomic E-state index is 0.365. The molecule has 0 amide bonds. The Morgan fingerprint density at radius 2 is 1.81 bits per heavy atom. The minimum atomic E-state index is -1.56. The zero-order valence-corrected chi connectivity index (χ0v) is 15.7. The summed E-state index contributed by atoms with van der Waals surface area (Å²) in [7, 11) is -1.56. The molecule has 5 nitrogen and oxygen atoms in total. The van der Waals surface area contributed by atoms with Crippen LogP contribution in [-0.2, 0) is 22.2 Å². The van der Waals surface area contributed by atoms with Crippen molar-refractivity contribution in [3.8, 4) is 16.9 Å². The van der Waals surface area contributed by atoms with E-state index in [9.17, 15) is 9.00 Å². The maximum absolute atomic E-state index is 11.8. The first-order valence-electron chi connectivity index (χ1n) is 8.05. The van der Waals surface area contributed by atoms with Crippen molar-refractivity contribution in [1.29, 1.82) is 0 Å². The van der Waals surface area contributed by atoms with Gasteiger partial charge >= 0.3 is 5.97 Å². The third kappa shape index (κ3) is 5.39. The number of aromatic nitrogens is 1. The molecule has 27 heavy (non-hydrogen) atoms. The third-order valence-corrected chi connectivity index (χ3v) is 5.25. The number of carbonyl (C=O) groups is 1. The van der Waals surface area contributed by atoms with Crippen LogP contribution in [-0.4, -0.2) is 26.0 Å². The molecule has 0 saturated carbocycles. The van der Waals surface area contributed by atoms with E-state index in [-0.39, 0.29) is 0 Å².